The van der Waals surface area contributed by atoms with Crippen molar-refractivity contribution in [3.05, 3.63) is 0 Å². The normalized spacial score (nSPS) is 33.7. The van der Waals surface area contributed by atoms with Gasteiger partial charge in [-0.1, -0.05) is 0 Å². The molecule has 0 aromatic heterocycles. The van der Waals surface area contributed by atoms with E-state index in [4.69, 9.17) is 65.4 Å². The second-order valence-electron chi connectivity index (χ2n) is 5.76. The Morgan fingerprint density at radius 1 is 0.462 bits per heavy atom. The Morgan fingerprint density at radius 3 is 0.923 bits per heavy atom. The molecule has 1 rings (SSSR count). The summed E-state index contributed by atoms with van der Waals surface area (Å²) in [5.74, 6) is 3.14. The minimum absolute atomic E-state index is 0.0447. The summed E-state index contributed by atoms with van der Waals surface area (Å²) in [4.78, 5) is 0. The zero-order valence-electron chi connectivity index (χ0n) is 14.8. The van der Waals surface area contributed by atoms with E-state index in [-0.39, 0.29) is 21.5 Å². The Morgan fingerprint density at radius 2 is 0.692 bits per heavy atom. The first-order chi connectivity index (χ1) is 12.6. The maximum absolute atomic E-state index is 6.24. The van der Waals surface area contributed by atoms with Crippen LogP contribution in [0.25, 0.3) is 0 Å². The van der Waals surface area contributed by atoms with Crippen molar-refractivity contribution in [3.8, 4) is 0 Å². The van der Waals surface area contributed by atoms with Gasteiger partial charge in [0.05, 0.1) is 74.4 Å². The van der Waals surface area contributed by atoms with Crippen LogP contribution in [0.15, 0.2) is 0 Å². The lowest BCUT2D eigenvalue weighted by atomic mass is 10.5. The van der Waals surface area contributed by atoms with Gasteiger partial charge in [0, 0.05) is 23.0 Å². The van der Waals surface area contributed by atoms with E-state index in [1.165, 1.54) is 0 Å². The quantitative estimate of drug-likeness (QED) is 0.479. The number of hydrogen-bond donors (Lipinski definition) is 0. The molecular formula is C16H28Cl4O4S2. The van der Waals surface area contributed by atoms with Crippen LogP contribution in [0.3, 0.4) is 0 Å². The fourth-order valence-electron chi connectivity index (χ4n) is 1.92. The molecule has 156 valence electrons. The van der Waals surface area contributed by atoms with Gasteiger partial charge >= 0.3 is 0 Å². The summed E-state index contributed by atoms with van der Waals surface area (Å²) in [6.45, 7) is 4.03. The van der Waals surface area contributed by atoms with Gasteiger partial charge < -0.3 is 18.9 Å². The van der Waals surface area contributed by atoms with E-state index in [9.17, 15) is 0 Å². The van der Waals surface area contributed by atoms with Crippen molar-refractivity contribution >= 4 is 69.9 Å². The second kappa shape index (κ2) is 17.5. The summed E-state index contributed by atoms with van der Waals surface area (Å²) < 4.78 is 22.1. The largest absolute Gasteiger partial charge is 0.377 e. The van der Waals surface area contributed by atoms with Crippen LogP contribution in [0, 0.1) is 0 Å². The van der Waals surface area contributed by atoms with E-state index in [1.807, 2.05) is 0 Å². The highest BCUT2D eigenvalue weighted by Crippen LogP contribution is 2.15. The molecule has 0 spiro atoms. The molecule has 0 N–H and O–H groups in total. The molecule has 4 unspecified atom stereocenters. The maximum atomic E-state index is 6.24. The number of rotatable bonds is 0. The highest BCUT2D eigenvalue weighted by molar-refractivity contribution is 7.99. The monoisotopic (exact) mass is 488 g/mol. The summed E-state index contributed by atoms with van der Waals surface area (Å²) in [5.41, 5.74) is 0. The molecule has 0 aromatic rings. The molecule has 1 saturated heterocycles. The first kappa shape index (κ1) is 25.7. The molecule has 4 atom stereocenters. The summed E-state index contributed by atoms with van der Waals surface area (Å²) in [6, 6.07) is 0. The number of hydrogen-bond acceptors (Lipinski definition) is 6. The smallest absolute Gasteiger partial charge is 0.0701 e. The van der Waals surface area contributed by atoms with Crippen LogP contribution in [0.1, 0.15) is 0 Å². The van der Waals surface area contributed by atoms with Crippen LogP contribution >= 0.6 is 69.9 Å². The standard InChI is InChI=1S/C16H28Cl4O4S2/c17-13-5-21-1-2-22-6-14(18)10-26-12-16(20)8-24-4-3-23-7-15(19)11-25-9-13/h13-16H,1-12H2. The molecule has 0 aromatic carbocycles. The first-order valence-corrected chi connectivity index (χ1v) is 12.7. The molecule has 1 heterocycles. The van der Waals surface area contributed by atoms with Gasteiger partial charge in [-0.25, -0.2) is 0 Å². The summed E-state index contributed by atoms with van der Waals surface area (Å²) >= 11 is 28.3. The SMILES string of the molecule is ClC1COCCOCC(Cl)CSCC(Cl)COCCOCC(Cl)CSC1. The highest BCUT2D eigenvalue weighted by atomic mass is 35.5. The lowest BCUT2D eigenvalue weighted by molar-refractivity contribution is 0.0498. The van der Waals surface area contributed by atoms with E-state index in [0.29, 0.717) is 52.9 Å². The predicted octanol–water partition coefficient (Wildman–Crippen LogP) is 3.96. The topological polar surface area (TPSA) is 36.9 Å². The van der Waals surface area contributed by atoms with Gasteiger partial charge in [0.1, 0.15) is 0 Å². The third-order valence-electron chi connectivity index (χ3n) is 3.13. The van der Waals surface area contributed by atoms with Gasteiger partial charge in [-0.3, -0.25) is 0 Å². The van der Waals surface area contributed by atoms with Crippen LogP contribution in [0.5, 0.6) is 0 Å². The van der Waals surface area contributed by atoms with E-state index in [0.717, 1.165) is 23.0 Å². The molecule has 4 nitrogen and oxygen atoms in total. The average Bonchev–Trinajstić information content (AvgIpc) is 2.60. The van der Waals surface area contributed by atoms with Gasteiger partial charge in [-0.15, -0.1) is 46.4 Å². The first-order valence-electron chi connectivity index (χ1n) is 8.60. The Kier molecular flexibility index (Phi) is 17.4. The maximum Gasteiger partial charge on any atom is 0.0701 e. The Labute approximate surface area is 185 Å². The van der Waals surface area contributed by atoms with Gasteiger partial charge in [0.15, 0.2) is 0 Å². The van der Waals surface area contributed by atoms with E-state index in [1.54, 1.807) is 23.5 Å². The molecule has 1 aliphatic heterocycles. The molecule has 1 fully saturated rings. The molecule has 10 heteroatoms. The number of alkyl halides is 4. The van der Waals surface area contributed by atoms with Crippen molar-refractivity contribution in [3.63, 3.8) is 0 Å². The molecule has 0 aliphatic carbocycles. The second-order valence-corrected chi connectivity index (χ2v) is 10.4. The van der Waals surface area contributed by atoms with Gasteiger partial charge in [-0.05, 0) is 0 Å². The Hall–Kier alpha value is 1.70. The van der Waals surface area contributed by atoms with Crippen LogP contribution in [0.2, 0.25) is 0 Å². The predicted molar refractivity (Wildman–Crippen MR) is 116 cm³/mol. The van der Waals surface area contributed by atoms with Crippen LogP contribution < -0.4 is 0 Å². The van der Waals surface area contributed by atoms with Crippen molar-refractivity contribution in [2.24, 2.45) is 0 Å². The van der Waals surface area contributed by atoms with Gasteiger partial charge in [0.25, 0.3) is 0 Å². The van der Waals surface area contributed by atoms with Crippen molar-refractivity contribution in [1.29, 1.82) is 0 Å². The lowest BCUT2D eigenvalue weighted by Gasteiger charge is -2.15. The third-order valence-corrected chi connectivity index (χ3v) is 7.54. The Balaban J connectivity index is 2.27. The minimum Gasteiger partial charge on any atom is -0.377 e. The molecule has 1 aliphatic rings. The molecule has 26 heavy (non-hydrogen) atoms. The molecule has 0 amide bonds. The fraction of sp³-hybridized carbons (Fsp3) is 1.00. The van der Waals surface area contributed by atoms with E-state index in [2.05, 4.69) is 0 Å². The van der Waals surface area contributed by atoms with Crippen molar-refractivity contribution < 1.29 is 18.9 Å². The highest BCUT2D eigenvalue weighted by Gasteiger charge is 2.11. The third kappa shape index (κ3) is 15.6. The van der Waals surface area contributed by atoms with Crippen LogP contribution in [-0.4, -0.2) is 97.4 Å². The van der Waals surface area contributed by atoms with E-state index >= 15 is 0 Å². The van der Waals surface area contributed by atoms with E-state index < -0.39 is 0 Å². The van der Waals surface area contributed by atoms with Crippen LogP contribution in [-0.2, 0) is 18.9 Å². The fourth-order valence-corrected chi connectivity index (χ4v) is 5.03. The van der Waals surface area contributed by atoms with Gasteiger partial charge in [0.2, 0.25) is 0 Å². The number of thioether (sulfide) groups is 2. The molecule has 0 bridgehead atoms. The summed E-state index contributed by atoms with van der Waals surface area (Å²) in [6.07, 6.45) is 0. The number of ether oxygens (including phenoxy) is 4. The molecular weight excluding hydrogens is 462 g/mol. The average molecular weight is 490 g/mol. The zero-order valence-corrected chi connectivity index (χ0v) is 19.4. The summed E-state index contributed by atoms with van der Waals surface area (Å²) in [7, 11) is 0. The van der Waals surface area contributed by atoms with Crippen molar-refractivity contribution in [2.45, 2.75) is 21.5 Å². The Bertz CT molecular complexity index is 277. The van der Waals surface area contributed by atoms with Crippen molar-refractivity contribution in [1.82, 2.24) is 0 Å². The number of halogens is 4. The van der Waals surface area contributed by atoms with Gasteiger partial charge in [-0.2, -0.15) is 23.5 Å². The molecule has 0 saturated carbocycles. The van der Waals surface area contributed by atoms with Crippen LogP contribution in [0.4, 0.5) is 0 Å². The molecule has 0 radical (unpaired) electrons. The summed E-state index contributed by atoms with van der Waals surface area (Å²) in [5, 5.41) is -0.179. The zero-order chi connectivity index (χ0) is 19.0. The lowest BCUT2D eigenvalue weighted by Crippen LogP contribution is -2.21. The minimum atomic E-state index is -0.0447. The van der Waals surface area contributed by atoms with Crippen molar-refractivity contribution in [2.75, 3.05) is 75.9 Å².